The SMILES string of the molecule is CCCCCCCCC(CC)Cc1cccc(OS(=O)(=O)c2ccc(N3CC[NH+](C)C3=O)cc2)c1. The number of unbranched alkanes of at least 4 members (excludes halogenated alkanes) is 5. The number of carbonyl (C=O) groups excluding carboxylic acids is 1. The van der Waals surface area contributed by atoms with Crippen molar-refractivity contribution < 1.29 is 22.3 Å². The van der Waals surface area contributed by atoms with Crippen LogP contribution in [0.5, 0.6) is 5.75 Å². The van der Waals surface area contributed by atoms with E-state index in [0.29, 0.717) is 23.9 Å². The Morgan fingerprint density at radius 2 is 1.71 bits per heavy atom. The normalized spacial score (nSPS) is 17.1. The summed E-state index contributed by atoms with van der Waals surface area (Å²) < 4.78 is 31.2. The lowest BCUT2D eigenvalue weighted by Gasteiger charge is -2.16. The van der Waals surface area contributed by atoms with Crippen molar-refractivity contribution in [2.45, 2.75) is 76.5 Å². The minimum Gasteiger partial charge on any atom is -0.379 e. The van der Waals surface area contributed by atoms with Gasteiger partial charge in [-0.3, -0.25) is 9.80 Å². The van der Waals surface area contributed by atoms with Crippen LogP contribution in [-0.2, 0) is 16.5 Å². The first kappa shape index (κ1) is 27.2. The van der Waals surface area contributed by atoms with Crippen LogP contribution in [0.2, 0.25) is 0 Å². The topological polar surface area (TPSA) is 68.1 Å². The Labute approximate surface area is 211 Å². The third kappa shape index (κ3) is 7.80. The van der Waals surface area contributed by atoms with Crippen molar-refractivity contribution in [2.75, 3.05) is 25.0 Å². The van der Waals surface area contributed by atoms with Gasteiger partial charge in [0.15, 0.2) is 0 Å². The van der Waals surface area contributed by atoms with E-state index < -0.39 is 10.1 Å². The molecule has 0 spiro atoms. The standard InChI is InChI=1S/C28H40N2O4S/c1-4-6-7-8-9-10-12-23(5-2)21-24-13-11-14-26(22-24)34-35(32,33)27-17-15-25(16-18-27)30-20-19-29(3)28(30)31/h11,13-18,22-23H,4-10,12,19-21H2,1-3H3/p+1. The Hall–Kier alpha value is -2.38. The molecule has 0 bridgehead atoms. The van der Waals surface area contributed by atoms with E-state index in [-0.39, 0.29) is 10.9 Å². The highest BCUT2D eigenvalue weighted by molar-refractivity contribution is 7.87. The zero-order chi connectivity index (χ0) is 25.3. The van der Waals surface area contributed by atoms with Gasteiger partial charge in [0.1, 0.15) is 17.2 Å². The second-order valence-electron chi connectivity index (χ2n) is 9.70. The van der Waals surface area contributed by atoms with Gasteiger partial charge in [-0.1, -0.05) is 77.3 Å². The maximum Gasteiger partial charge on any atom is 0.422 e. The smallest absolute Gasteiger partial charge is 0.379 e. The number of nitrogens with one attached hydrogen (secondary N) is 1. The summed E-state index contributed by atoms with van der Waals surface area (Å²) in [6.45, 7) is 5.82. The molecule has 0 aromatic heterocycles. The lowest BCUT2D eigenvalue weighted by Crippen LogP contribution is -3.10. The largest absolute Gasteiger partial charge is 0.422 e. The van der Waals surface area contributed by atoms with E-state index in [1.54, 1.807) is 23.1 Å². The van der Waals surface area contributed by atoms with Crippen molar-refractivity contribution in [1.82, 2.24) is 0 Å². The van der Waals surface area contributed by atoms with Crippen molar-refractivity contribution in [1.29, 1.82) is 0 Å². The molecule has 1 saturated heterocycles. The molecule has 0 saturated carbocycles. The van der Waals surface area contributed by atoms with Crippen LogP contribution < -0.4 is 14.0 Å². The van der Waals surface area contributed by atoms with Crippen LogP contribution in [0.15, 0.2) is 53.4 Å². The van der Waals surface area contributed by atoms with Crippen molar-refractivity contribution in [2.24, 2.45) is 5.92 Å². The zero-order valence-corrected chi connectivity index (χ0v) is 22.3. The van der Waals surface area contributed by atoms with Gasteiger partial charge in [0.05, 0.1) is 13.6 Å². The fourth-order valence-electron chi connectivity index (χ4n) is 4.65. The van der Waals surface area contributed by atoms with E-state index in [0.717, 1.165) is 29.8 Å². The quantitative estimate of drug-likeness (QED) is 0.284. The molecule has 3 rings (SSSR count). The molecule has 2 atom stereocenters. The van der Waals surface area contributed by atoms with E-state index in [1.807, 2.05) is 25.2 Å². The minimum absolute atomic E-state index is 0.00412. The summed E-state index contributed by atoms with van der Waals surface area (Å²) >= 11 is 0. The van der Waals surface area contributed by atoms with Gasteiger partial charge in [-0.05, 0) is 54.3 Å². The van der Waals surface area contributed by atoms with E-state index in [1.165, 1.54) is 57.1 Å². The van der Waals surface area contributed by atoms with Crippen molar-refractivity contribution in [3.63, 3.8) is 0 Å². The van der Waals surface area contributed by atoms with E-state index in [9.17, 15) is 13.2 Å². The van der Waals surface area contributed by atoms with E-state index in [2.05, 4.69) is 13.8 Å². The number of likely N-dealkylation sites (N-methyl/N-ethyl adjacent to an activating group) is 1. The lowest BCUT2D eigenvalue weighted by molar-refractivity contribution is -0.780. The van der Waals surface area contributed by atoms with E-state index >= 15 is 0 Å². The summed E-state index contributed by atoms with van der Waals surface area (Å²) in [6, 6.07) is 13.8. The predicted octanol–water partition coefficient (Wildman–Crippen LogP) is 5.23. The summed E-state index contributed by atoms with van der Waals surface area (Å²) in [6.07, 6.45) is 11.0. The lowest BCUT2D eigenvalue weighted by atomic mass is 9.91. The summed E-state index contributed by atoms with van der Waals surface area (Å²) in [5, 5.41) is 0. The number of hydrogen-bond donors (Lipinski definition) is 1. The summed E-state index contributed by atoms with van der Waals surface area (Å²) in [5.41, 5.74) is 1.80. The van der Waals surface area contributed by atoms with Gasteiger partial charge in [0.2, 0.25) is 0 Å². The second kappa shape index (κ2) is 13.1. The molecule has 2 aromatic carbocycles. The average Bonchev–Trinajstić information content (AvgIpc) is 3.18. The second-order valence-corrected chi connectivity index (χ2v) is 11.2. The number of benzene rings is 2. The molecule has 2 amide bonds. The number of amides is 2. The molecule has 192 valence electrons. The summed E-state index contributed by atoms with van der Waals surface area (Å²) in [4.78, 5) is 14.8. The molecule has 7 heteroatoms. The molecular weight excluding hydrogens is 460 g/mol. The van der Waals surface area contributed by atoms with Crippen molar-refractivity contribution >= 4 is 21.8 Å². The molecular formula is C28H41N2O4S+. The first-order chi connectivity index (χ1) is 16.8. The molecule has 0 aliphatic carbocycles. The van der Waals surface area contributed by atoms with Crippen LogP contribution in [0.25, 0.3) is 0 Å². The third-order valence-corrected chi connectivity index (χ3v) is 8.19. The monoisotopic (exact) mass is 501 g/mol. The molecule has 1 fully saturated rings. The number of carbonyl (C=O) groups is 1. The van der Waals surface area contributed by atoms with E-state index in [4.69, 9.17) is 4.18 Å². The number of hydrogen-bond acceptors (Lipinski definition) is 4. The maximum atomic E-state index is 12.9. The molecule has 1 N–H and O–H groups in total. The highest BCUT2D eigenvalue weighted by atomic mass is 32.2. The molecule has 1 aliphatic heterocycles. The number of anilines is 1. The highest BCUT2D eigenvalue weighted by Gasteiger charge is 2.32. The van der Waals surface area contributed by atoms with Gasteiger partial charge in [-0.25, -0.2) is 4.79 Å². The Balaban J connectivity index is 1.58. The number of rotatable bonds is 14. The number of nitrogens with zero attached hydrogens (tertiary/aromatic N) is 1. The van der Waals surface area contributed by atoms with Crippen LogP contribution in [0.1, 0.15) is 70.8 Å². The van der Waals surface area contributed by atoms with Gasteiger partial charge in [0, 0.05) is 5.69 Å². The first-order valence-corrected chi connectivity index (χ1v) is 14.5. The fourth-order valence-corrected chi connectivity index (χ4v) is 5.58. The van der Waals surface area contributed by atoms with Crippen LogP contribution in [0, 0.1) is 5.92 Å². The molecule has 1 aliphatic rings. The van der Waals surface area contributed by atoms with Gasteiger partial charge < -0.3 is 4.18 Å². The molecule has 6 nitrogen and oxygen atoms in total. The van der Waals surface area contributed by atoms with Gasteiger partial charge in [0.25, 0.3) is 0 Å². The summed E-state index contributed by atoms with van der Waals surface area (Å²) in [5.74, 6) is 0.927. The van der Waals surface area contributed by atoms with Crippen LogP contribution >= 0.6 is 0 Å². The van der Waals surface area contributed by atoms with Crippen LogP contribution in [-0.4, -0.2) is 34.6 Å². The van der Waals surface area contributed by atoms with Crippen molar-refractivity contribution in [3.05, 3.63) is 54.1 Å². The van der Waals surface area contributed by atoms with Crippen molar-refractivity contribution in [3.8, 4) is 5.75 Å². The first-order valence-electron chi connectivity index (χ1n) is 13.1. The average molecular weight is 502 g/mol. The van der Waals surface area contributed by atoms with Crippen LogP contribution in [0.3, 0.4) is 0 Å². The number of urea groups is 1. The Bertz CT molecular complexity index is 1050. The molecule has 1 heterocycles. The van der Waals surface area contributed by atoms with Gasteiger partial charge in [-0.2, -0.15) is 8.42 Å². The highest BCUT2D eigenvalue weighted by Crippen LogP contribution is 2.25. The minimum atomic E-state index is -3.96. The number of quaternary nitrogens is 1. The Morgan fingerprint density at radius 1 is 1.00 bits per heavy atom. The van der Waals surface area contributed by atoms with Gasteiger partial charge in [-0.15, -0.1) is 0 Å². The fraction of sp³-hybridized carbons (Fsp3) is 0.536. The summed E-state index contributed by atoms with van der Waals surface area (Å²) in [7, 11) is -2.13. The molecule has 2 aromatic rings. The third-order valence-electron chi connectivity index (χ3n) is 6.93. The maximum absolute atomic E-state index is 12.9. The molecule has 35 heavy (non-hydrogen) atoms. The molecule has 0 radical (unpaired) electrons. The van der Waals surface area contributed by atoms with Crippen LogP contribution in [0.4, 0.5) is 10.5 Å². The molecule has 2 unspecified atom stereocenters. The zero-order valence-electron chi connectivity index (χ0n) is 21.5. The Kier molecular flexibility index (Phi) is 10.2. The Morgan fingerprint density at radius 3 is 2.37 bits per heavy atom. The predicted molar refractivity (Wildman–Crippen MR) is 141 cm³/mol. The van der Waals surface area contributed by atoms with Gasteiger partial charge >= 0.3 is 16.1 Å².